The van der Waals surface area contributed by atoms with Crippen molar-refractivity contribution in [1.29, 1.82) is 0 Å². The van der Waals surface area contributed by atoms with Gasteiger partial charge in [0.25, 0.3) is 0 Å². The van der Waals surface area contributed by atoms with Crippen LogP contribution in [0.3, 0.4) is 0 Å². The van der Waals surface area contributed by atoms with Crippen molar-refractivity contribution >= 4 is 11.9 Å². The molecule has 0 aliphatic heterocycles. The Morgan fingerprint density at radius 3 is 0.977 bits per heavy atom. The van der Waals surface area contributed by atoms with E-state index in [-0.39, 0.29) is 11.9 Å². The van der Waals surface area contributed by atoms with Gasteiger partial charge in [0.1, 0.15) is 6.10 Å². The van der Waals surface area contributed by atoms with Crippen LogP contribution in [0.15, 0.2) is 0 Å². The molecular formula is C39H75O4. The first-order valence-corrected chi connectivity index (χ1v) is 19.3. The van der Waals surface area contributed by atoms with Crippen LogP contribution in [-0.4, -0.2) is 18.0 Å². The fraction of sp³-hybridized carbons (Fsp3) is 0.923. The Balaban J connectivity index is 3.38. The molecule has 4 heteroatoms. The van der Waals surface area contributed by atoms with Crippen molar-refractivity contribution in [3.63, 3.8) is 0 Å². The molecule has 43 heavy (non-hydrogen) atoms. The van der Waals surface area contributed by atoms with Crippen molar-refractivity contribution in [3.05, 3.63) is 6.61 Å². The molecule has 0 fully saturated rings. The van der Waals surface area contributed by atoms with Crippen LogP contribution in [0.25, 0.3) is 0 Å². The van der Waals surface area contributed by atoms with E-state index in [1.54, 1.807) is 6.92 Å². The van der Waals surface area contributed by atoms with Crippen molar-refractivity contribution in [2.24, 2.45) is 0 Å². The molecule has 0 N–H and O–H groups in total. The Labute approximate surface area is 269 Å². The molecule has 1 unspecified atom stereocenters. The minimum absolute atomic E-state index is 0.197. The van der Waals surface area contributed by atoms with Crippen molar-refractivity contribution in [3.8, 4) is 0 Å². The van der Waals surface area contributed by atoms with E-state index in [0.717, 1.165) is 25.7 Å². The molecular weight excluding hydrogens is 532 g/mol. The van der Waals surface area contributed by atoms with E-state index in [0.29, 0.717) is 12.8 Å². The van der Waals surface area contributed by atoms with Crippen LogP contribution in [0.4, 0.5) is 0 Å². The Kier molecular flexibility index (Phi) is 34.5. The Morgan fingerprint density at radius 2 is 0.674 bits per heavy atom. The number of esters is 2. The number of hydrogen-bond donors (Lipinski definition) is 0. The van der Waals surface area contributed by atoms with E-state index in [1.807, 2.05) is 0 Å². The average Bonchev–Trinajstić information content (AvgIpc) is 3.00. The van der Waals surface area contributed by atoms with Crippen LogP contribution in [0, 0.1) is 6.61 Å². The number of hydrogen-bond acceptors (Lipinski definition) is 4. The minimum Gasteiger partial charge on any atom is -0.459 e. The average molecular weight is 608 g/mol. The summed E-state index contributed by atoms with van der Waals surface area (Å²) in [4.78, 5) is 24.1. The lowest BCUT2D eigenvalue weighted by molar-refractivity contribution is -0.153. The van der Waals surface area contributed by atoms with Crippen molar-refractivity contribution in [2.45, 2.75) is 232 Å². The van der Waals surface area contributed by atoms with Gasteiger partial charge < -0.3 is 9.47 Å². The van der Waals surface area contributed by atoms with E-state index >= 15 is 0 Å². The number of carbonyl (C=O) groups is 2. The summed E-state index contributed by atoms with van der Waals surface area (Å²) in [7, 11) is 0. The number of rotatable bonds is 35. The Bertz CT molecular complexity index is 576. The van der Waals surface area contributed by atoms with Gasteiger partial charge in [-0.15, -0.1) is 0 Å². The molecule has 0 bridgehead atoms. The molecule has 0 heterocycles. The second kappa shape index (κ2) is 35.4. The maximum absolute atomic E-state index is 12.1. The highest BCUT2D eigenvalue weighted by Crippen LogP contribution is 2.16. The first-order chi connectivity index (χ1) is 21.1. The standard InChI is InChI=1S/C39H75O4/c1-4-6-8-10-12-14-16-18-20-22-24-26-28-30-32-34-38(40)42-36-37(3)43-39(41)35-33-31-29-27-25-23-21-19-17-15-13-11-9-7-5-2/h36-37H,4-35H2,1-3H3. The molecule has 0 saturated heterocycles. The maximum atomic E-state index is 12.1. The summed E-state index contributed by atoms with van der Waals surface area (Å²) in [5.74, 6) is -0.420. The molecule has 0 saturated carbocycles. The van der Waals surface area contributed by atoms with Crippen LogP contribution < -0.4 is 0 Å². The molecule has 0 aliphatic carbocycles. The lowest BCUT2D eigenvalue weighted by Crippen LogP contribution is -2.18. The molecule has 0 aromatic carbocycles. The summed E-state index contributed by atoms with van der Waals surface area (Å²) < 4.78 is 10.6. The van der Waals surface area contributed by atoms with Crippen molar-refractivity contribution in [2.75, 3.05) is 0 Å². The van der Waals surface area contributed by atoms with Gasteiger partial charge in [0.15, 0.2) is 6.61 Å². The van der Waals surface area contributed by atoms with Gasteiger partial charge in [-0.05, 0) is 19.8 Å². The molecule has 0 amide bonds. The third kappa shape index (κ3) is 35.3. The quantitative estimate of drug-likeness (QED) is 0.0531. The molecule has 0 rings (SSSR count). The molecule has 0 aromatic heterocycles. The van der Waals surface area contributed by atoms with Gasteiger partial charge in [-0.3, -0.25) is 9.59 Å². The van der Waals surface area contributed by atoms with E-state index in [1.165, 1.54) is 174 Å². The van der Waals surface area contributed by atoms with E-state index in [9.17, 15) is 9.59 Å². The third-order valence-corrected chi connectivity index (χ3v) is 8.68. The molecule has 255 valence electrons. The van der Waals surface area contributed by atoms with Gasteiger partial charge in [-0.1, -0.05) is 194 Å². The second-order valence-corrected chi connectivity index (χ2v) is 13.2. The van der Waals surface area contributed by atoms with Gasteiger partial charge in [0.05, 0.1) is 0 Å². The van der Waals surface area contributed by atoms with Crippen LogP contribution in [0.1, 0.15) is 226 Å². The first-order valence-electron chi connectivity index (χ1n) is 19.3. The first kappa shape index (κ1) is 41.9. The summed E-state index contributed by atoms with van der Waals surface area (Å²) in [6.45, 7) is 7.68. The summed E-state index contributed by atoms with van der Waals surface area (Å²) in [5.41, 5.74) is 0. The summed E-state index contributed by atoms with van der Waals surface area (Å²) in [5, 5.41) is 0. The predicted octanol–water partition coefficient (Wildman–Crippen LogP) is 13.1. The monoisotopic (exact) mass is 608 g/mol. The van der Waals surface area contributed by atoms with Gasteiger partial charge >= 0.3 is 11.9 Å². The predicted molar refractivity (Wildman–Crippen MR) is 185 cm³/mol. The molecule has 0 aliphatic rings. The van der Waals surface area contributed by atoms with Crippen LogP contribution >= 0.6 is 0 Å². The lowest BCUT2D eigenvalue weighted by Gasteiger charge is -2.13. The molecule has 1 atom stereocenters. The second-order valence-electron chi connectivity index (χ2n) is 13.2. The third-order valence-electron chi connectivity index (χ3n) is 8.68. The summed E-state index contributed by atoms with van der Waals surface area (Å²) >= 11 is 0. The van der Waals surface area contributed by atoms with E-state index < -0.39 is 6.10 Å². The highest BCUT2D eigenvalue weighted by Gasteiger charge is 2.13. The Hall–Kier alpha value is -1.06. The summed E-state index contributed by atoms with van der Waals surface area (Å²) in [6.07, 6.45) is 39.7. The minimum atomic E-state index is -0.492. The zero-order valence-electron chi connectivity index (χ0n) is 29.4. The fourth-order valence-corrected chi connectivity index (χ4v) is 5.81. The zero-order chi connectivity index (χ0) is 31.5. The van der Waals surface area contributed by atoms with Gasteiger partial charge in [-0.2, -0.15) is 0 Å². The largest absolute Gasteiger partial charge is 0.459 e. The fourth-order valence-electron chi connectivity index (χ4n) is 5.81. The molecule has 0 spiro atoms. The lowest BCUT2D eigenvalue weighted by atomic mass is 10.0. The highest BCUT2D eigenvalue weighted by atomic mass is 16.6. The topological polar surface area (TPSA) is 52.6 Å². The van der Waals surface area contributed by atoms with Gasteiger partial charge in [0, 0.05) is 12.8 Å². The van der Waals surface area contributed by atoms with Crippen molar-refractivity contribution < 1.29 is 19.1 Å². The van der Waals surface area contributed by atoms with Crippen molar-refractivity contribution in [1.82, 2.24) is 0 Å². The van der Waals surface area contributed by atoms with E-state index in [4.69, 9.17) is 9.47 Å². The van der Waals surface area contributed by atoms with Crippen LogP contribution in [0.2, 0.25) is 0 Å². The zero-order valence-corrected chi connectivity index (χ0v) is 29.4. The summed E-state index contributed by atoms with van der Waals surface area (Å²) in [6, 6.07) is 0. The van der Waals surface area contributed by atoms with Crippen LogP contribution in [-0.2, 0) is 19.1 Å². The maximum Gasteiger partial charge on any atom is 0.306 e. The van der Waals surface area contributed by atoms with E-state index in [2.05, 4.69) is 13.8 Å². The smallest absolute Gasteiger partial charge is 0.306 e. The highest BCUT2D eigenvalue weighted by molar-refractivity contribution is 5.70. The van der Waals surface area contributed by atoms with Crippen LogP contribution in [0.5, 0.6) is 0 Å². The van der Waals surface area contributed by atoms with Gasteiger partial charge in [0.2, 0.25) is 0 Å². The number of ether oxygens (including phenoxy) is 2. The number of unbranched alkanes of at least 4 members (excludes halogenated alkanes) is 28. The Morgan fingerprint density at radius 1 is 0.419 bits per heavy atom. The molecule has 4 nitrogen and oxygen atoms in total. The molecule has 0 aromatic rings. The number of carbonyl (C=O) groups excluding carboxylic acids is 2. The van der Waals surface area contributed by atoms with Gasteiger partial charge in [-0.25, -0.2) is 0 Å². The SMILES string of the molecule is CCCCCCCCCCCCCCCCCC(=O)O[CH]C(C)OC(=O)CCCCCCCCCCCCCCCCC. The normalized spacial score (nSPS) is 12.0. The molecule has 1 radical (unpaired) electrons.